The van der Waals surface area contributed by atoms with Crippen LogP contribution in [0.3, 0.4) is 0 Å². The monoisotopic (exact) mass is 134 g/mol. The summed E-state index contributed by atoms with van der Waals surface area (Å²) >= 11 is 0. The largest absolute Gasteiger partial charge is 0.480 e. The molecule has 0 aromatic heterocycles. The topological polar surface area (TPSA) is 59.2 Å². The minimum atomic E-state index is -0.688. The molecule has 2 rings (SSSR count). The van der Waals surface area contributed by atoms with E-state index >= 15 is 0 Å². The maximum atomic E-state index is 10.2. The molecular weight excluding hydrogens is 125 g/mol. The molecule has 0 spiro atoms. The van der Waals surface area contributed by atoms with Crippen molar-refractivity contribution in [2.45, 2.75) is 24.9 Å². The van der Waals surface area contributed by atoms with Gasteiger partial charge in [0, 0.05) is 24.9 Å². The second kappa shape index (κ2) is 2.58. The number of carboxylic acid groups (broad SMARTS) is 1. The van der Waals surface area contributed by atoms with Gasteiger partial charge in [0.15, 0.2) is 0 Å². The number of carbonyl (C=O) groups is 1. The molecule has 1 aliphatic heterocycles. The summed E-state index contributed by atoms with van der Waals surface area (Å²) in [6.07, 6.45) is 2.45. The Morgan fingerprint density at radius 1 is 1.50 bits per heavy atom. The van der Waals surface area contributed by atoms with E-state index in [2.05, 4.69) is 5.32 Å². The Morgan fingerprint density at radius 2 is 2.10 bits per heavy atom. The van der Waals surface area contributed by atoms with Crippen molar-refractivity contribution in [1.82, 2.24) is 5.32 Å². The molecule has 2 fully saturated rings. The molecule has 2 N–H and O–H groups in total. The fraction of sp³-hybridized carbons (Fsp3) is 0.833. The SMILES string of the molecule is O=C(O)[C@@H]1N[C@H]1C1CC1.[Li]. The van der Waals surface area contributed by atoms with E-state index in [0.29, 0.717) is 12.0 Å². The summed E-state index contributed by atoms with van der Waals surface area (Å²) < 4.78 is 0. The van der Waals surface area contributed by atoms with Crippen LogP contribution in [-0.2, 0) is 4.79 Å². The van der Waals surface area contributed by atoms with Gasteiger partial charge >= 0.3 is 5.97 Å². The van der Waals surface area contributed by atoms with Crippen molar-refractivity contribution in [3.63, 3.8) is 0 Å². The summed E-state index contributed by atoms with van der Waals surface area (Å²) in [6, 6.07) is 0.111. The maximum Gasteiger partial charge on any atom is 0.322 e. The van der Waals surface area contributed by atoms with Crippen LogP contribution in [0, 0.1) is 5.92 Å². The Labute approximate surface area is 71.4 Å². The van der Waals surface area contributed by atoms with Crippen LogP contribution >= 0.6 is 0 Å². The van der Waals surface area contributed by atoms with E-state index in [1.54, 1.807) is 0 Å². The number of hydrogen-bond donors (Lipinski definition) is 2. The van der Waals surface area contributed by atoms with Crippen LogP contribution in [0.15, 0.2) is 0 Å². The van der Waals surface area contributed by atoms with E-state index in [9.17, 15) is 4.79 Å². The molecule has 0 bridgehead atoms. The molecule has 10 heavy (non-hydrogen) atoms. The zero-order valence-electron chi connectivity index (χ0n) is 6.00. The molecule has 0 amide bonds. The normalized spacial score (nSPS) is 36.4. The molecular formula is C6H9LiNO2. The van der Waals surface area contributed by atoms with Gasteiger partial charge in [0.2, 0.25) is 0 Å². The van der Waals surface area contributed by atoms with Crippen LogP contribution in [0.4, 0.5) is 0 Å². The average Bonchev–Trinajstić information content (AvgIpc) is 2.60. The molecule has 1 radical (unpaired) electrons. The molecule has 2 aliphatic rings. The number of aliphatic carboxylic acids is 1. The predicted molar refractivity (Wildman–Crippen MR) is 36.8 cm³/mol. The Bertz CT molecular complexity index is 158. The average molecular weight is 134 g/mol. The van der Waals surface area contributed by atoms with Crippen LogP contribution in [-0.4, -0.2) is 42.0 Å². The smallest absolute Gasteiger partial charge is 0.322 e. The van der Waals surface area contributed by atoms with E-state index in [4.69, 9.17) is 5.11 Å². The van der Waals surface area contributed by atoms with Gasteiger partial charge in [-0.1, -0.05) is 0 Å². The molecule has 3 nitrogen and oxygen atoms in total. The van der Waals surface area contributed by atoms with Gasteiger partial charge < -0.3 is 5.11 Å². The zero-order valence-corrected chi connectivity index (χ0v) is 6.00. The van der Waals surface area contributed by atoms with Crippen LogP contribution < -0.4 is 5.32 Å². The quantitative estimate of drug-likeness (QED) is 0.393. The second-order valence-electron chi connectivity index (χ2n) is 2.85. The van der Waals surface area contributed by atoms with Crippen molar-refractivity contribution in [2.75, 3.05) is 0 Å². The fourth-order valence-corrected chi connectivity index (χ4v) is 1.24. The third-order valence-electron chi connectivity index (χ3n) is 2.02. The molecule has 0 aromatic rings. The minimum absolute atomic E-state index is 0. The minimum Gasteiger partial charge on any atom is -0.480 e. The van der Waals surface area contributed by atoms with E-state index < -0.39 is 5.97 Å². The van der Waals surface area contributed by atoms with Gasteiger partial charge in [0.05, 0.1) is 0 Å². The first-order chi connectivity index (χ1) is 4.29. The third-order valence-corrected chi connectivity index (χ3v) is 2.02. The zero-order chi connectivity index (χ0) is 6.43. The summed E-state index contributed by atoms with van der Waals surface area (Å²) in [5.74, 6) is -0.00185. The number of rotatable bonds is 2. The number of nitrogens with one attached hydrogen (secondary N) is 1. The van der Waals surface area contributed by atoms with Gasteiger partial charge in [0.25, 0.3) is 0 Å². The Hall–Kier alpha value is 0.0274. The number of carboxylic acids is 1. The molecule has 1 heterocycles. The molecule has 0 unspecified atom stereocenters. The van der Waals surface area contributed by atoms with Crippen LogP contribution in [0.1, 0.15) is 12.8 Å². The van der Waals surface area contributed by atoms with Gasteiger partial charge in [-0.05, 0) is 18.8 Å². The van der Waals surface area contributed by atoms with E-state index in [-0.39, 0.29) is 24.9 Å². The predicted octanol–water partition coefficient (Wildman–Crippen LogP) is -0.559. The van der Waals surface area contributed by atoms with Crippen molar-refractivity contribution < 1.29 is 9.90 Å². The fourth-order valence-electron chi connectivity index (χ4n) is 1.24. The van der Waals surface area contributed by atoms with Crippen LogP contribution in [0.5, 0.6) is 0 Å². The first kappa shape index (κ1) is 8.13. The van der Waals surface area contributed by atoms with Crippen LogP contribution in [0.25, 0.3) is 0 Å². The van der Waals surface area contributed by atoms with Gasteiger partial charge in [-0.25, -0.2) is 0 Å². The number of hydrogen-bond acceptors (Lipinski definition) is 2. The van der Waals surface area contributed by atoms with Crippen molar-refractivity contribution in [3.8, 4) is 0 Å². The van der Waals surface area contributed by atoms with E-state index in [1.165, 1.54) is 12.8 Å². The molecule has 0 aromatic carbocycles. The Kier molecular flexibility index (Phi) is 2.09. The molecule has 51 valence electrons. The molecule has 1 saturated carbocycles. The summed E-state index contributed by atoms with van der Waals surface area (Å²) in [4.78, 5) is 10.2. The third kappa shape index (κ3) is 1.37. The summed E-state index contributed by atoms with van der Waals surface area (Å²) in [6.45, 7) is 0. The van der Waals surface area contributed by atoms with Crippen molar-refractivity contribution in [3.05, 3.63) is 0 Å². The molecule has 2 atom stereocenters. The second-order valence-corrected chi connectivity index (χ2v) is 2.85. The first-order valence-electron chi connectivity index (χ1n) is 3.28. The van der Waals surface area contributed by atoms with Crippen molar-refractivity contribution in [1.29, 1.82) is 0 Å². The summed E-state index contributed by atoms with van der Waals surface area (Å²) in [7, 11) is 0. The molecule has 1 aliphatic carbocycles. The van der Waals surface area contributed by atoms with Gasteiger partial charge in [-0.3, -0.25) is 10.1 Å². The Morgan fingerprint density at radius 3 is 2.40 bits per heavy atom. The van der Waals surface area contributed by atoms with Gasteiger partial charge in [-0.2, -0.15) is 0 Å². The first-order valence-corrected chi connectivity index (χ1v) is 3.28. The summed E-state index contributed by atoms with van der Waals surface area (Å²) in [5.41, 5.74) is 0. The Balaban J connectivity index is 0.000000500. The van der Waals surface area contributed by atoms with Crippen LogP contribution in [0.2, 0.25) is 0 Å². The van der Waals surface area contributed by atoms with E-state index in [1.807, 2.05) is 0 Å². The van der Waals surface area contributed by atoms with Gasteiger partial charge in [0.1, 0.15) is 6.04 Å². The van der Waals surface area contributed by atoms with Crippen molar-refractivity contribution in [2.24, 2.45) is 5.92 Å². The maximum absolute atomic E-state index is 10.2. The van der Waals surface area contributed by atoms with E-state index in [0.717, 1.165) is 0 Å². The molecule has 4 heteroatoms. The standard InChI is InChI=1S/C6H9NO2.Li/c8-6(9)5-4(7-5)3-1-2-3;/h3-5,7H,1-2H2,(H,8,9);/t4-,5+;/m0./s1. The molecule has 1 saturated heterocycles. The van der Waals surface area contributed by atoms with Crippen molar-refractivity contribution >= 4 is 24.8 Å². The summed E-state index contributed by atoms with van der Waals surface area (Å²) in [5, 5.41) is 11.4. The van der Waals surface area contributed by atoms with Gasteiger partial charge in [-0.15, -0.1) is 0 Å².